The molecule has 0 fully saturated rings. The number of benzene rings is 1. The molecule has 0 unspecified atom stereocenters. The third kappa shape index (κ3) is 2.92. The Morgan fingerprint density at radius 1 is 1.22 bits per heavy atom. The molecule has 94 valence electrons. The van der Waals surface area contributed by atoms with E-state index in [2.05, 4.69) is 15.3 Å². The summed E-state index contributed by atoms with van der Waals surface area (Å²) in [6.45, 7) is 2.01. The van der Waals surface area contributed by atoms with Gasteiger partial charge in [-0.1, -0.05) is 11.8 Å². The van der Waals surface area contributed by atoms with Crippen molar-refractivity contribution in [3.05, 3.63) is 36.0 Å². The normalized spacial score (nSPS) is 10.2. The Morgan fingerprint density at radius 2 is 1.94 bits per heavy atom. The fourth-order valence-electron chi connectivity index (χ4n) is 1.41. The molecule has 0 aliphatic rings. The summed E-state index contributed by atoms with van der Waals surface area (Å²) < 4.78 is 5.13. The minimum Gasteiger partial charge on any atom is -0.497 e. The summed E-state index contributed by atoms with van der Waals surface area (Å²) in [4.78, 5) is 9.73. The third-order valence-electron chi connectivity index (χ3n) is 2.42. The van der Waals surface area contributed by atoms with Crippen molar-refractivity contribution in [3.63, 3.8) is 0 Å². The van der Waals surface area contributed by atoms with Crippen LogP contribution in [0.3, 0.4) is 0 Å². The molecule has 1 heterocycles. The van der Waals surface area contributed by atoms with Crippen LogP contribution in [0.4, 0.5) is 5.95 Å². The molecule has 2 aromatic rings. The average molecular weight is 261 g/mol. The van der Waals surface area contributed by atoms with Crippen LogP contribution >= 0.6 is 11.8 Å². The lowest BCUT2D eigenvalue weighted by Crippen LogP contribution is -1.98. The molecule has 5 heteroatoms. The maximum Gasteiger partial charge on any atom is 0.223 e. The van der Waals surface area contributed by atoms with Gasteiger partial charge >= 0.3 is 0 Å². The Labute approximate surface area is 111 Å². The molecule has 1 N–H and O–H groups in total. The molecule has 0 saturated carbocycles. The number of ether oxygens (including phenoxy) is 1. The van der Waals surface area contributed by atoms with Crippen molar-refractivity contribution in [1.29, 1.82) is 0 Å². The molecule has 0 bridgehead atoms. The Kier molecular flexibility index (Phi) is 4.04. The third-order valence-corrected chi connectivity index (χ3v) is 3.54. The van der Waals surface area contributed by atoms with Gasteiger partial charge in [0.15, 0.2) is 0 Å². The largest absolute Gasteiger partial charge is 0.497 e. The van der Waals surface area contributed by atoms with E-state index in [1.54, 1.807) is 18.9 Å². The highest BCUT2D eigenvalue weighted by Crippen LogP contribution is 2.29. The quantitative estimate of drug-likeness (QED) is 0.857. The maximum absolute atomic E-state index is 5.13. The number of hydrogen-bond acceptors (Lipinski definition) is 5. The van der Waals surface area contributed by atoms with E-state index < -0.39 is 0 Å². The van der Waals surface area contributed by atoms with Crippen molar-refractivity contribution < 1.29 is 4.74 Å². The highest BCUT2D eigenvalue weighted by molar-refractivity contribution is 7.99. The van der Waals surface area contributed by atoms with Crippen molar-refractivity contribution in [2.75, 3.05) is 19.5 Å². The van der Waals surface area contributed by atoms with Crippen molar-refractivity contribution in [1.82, 2.24) is 9.97 Å². The van der Waals surface area contributed by atoms with Gasteiger partial charge in [0.1, 0.15) is 10.8 Å². The van der Waals surface area contributed by atoms with Crippen LogP contribution in [-0.2, 0) is 0 Å². The molecule has 0 aliphatic heterocycles. The van der Waals surface area contributed by atoms with Gasteiger partial charge in [-0.05, 0) is 31.2 Å². The zero-order chi connectivity index (χ0) is 13.0. The molecular weight excluding hydrogens is 246 g/mol. The summed E-state index contributed by atoms with van der Waals surface area (Å²) in [5, 5.41) is 3.90. The van der Waals surface area contributed by atoms with E-state index >= 15 is 0 Å². The number of rotatable bonds is 4. The zero-order valence-electron chi connectivity index (χ0n) is 10.6. The van der Waals surface area contributed by atoms with Gasteiger partial charge in [-0.15, -0.1) is 0 Å². The number of nitrogens with one attached hydrogen (secondary N) is 1. The van der Waals surface area contributed by atoms with Gasteiger partial charge in [0, 0.05) is 23.7 Å². The number of nitrogens with zero attached hydrogens (tertiary/aromatic N) is 2. The minimum atomic E-state index is 0.636. The highest BCUT2D eigenvalue weighted by atomic mass is 32.2. The maximum atomic E-state index is 5.13. The topological polar surface area (TPSA) is 47.0 Å². The number of aromatic nitrogens is 2. The second-order valence-electron chi connectivity index (χ2n) is 3.71. The number of hydrogen-bond donors (Lipinski definition) is 1. The van der Waals surface area contributed by atoms with Crippen LogP contribution in [-0.4, -0.2) is 24.1 Å². The van der Waals surface area contributed by atoms with Crippen LogP contribution in [0.15, 0.2) is 40.4 Å². The Hall–Kier alpha value is -1.75. The SMILES string of the molecule is CNc1ncc(C)c(Sc2ccc(OC)cc2)n1. The molecular formula is C13H15N3OS. The van der Waals surface area contributed by atoms with Gasteiger partial charge in [0.2, 0.25) is 5.95 Å². The lowest BCUT2D eigenvalue weighted by molar-refractivity contribution is 0.414. The van der Waals surface area contributed by atoms with E-state index in [1.807, 2.05) is 44.4 Å². The lowest BCUT2D eigenvalue weighted by atomic mass is 10.3. The van der Waals surface area contributed by atoms with Crippen LogP contribution in [0, 0.1) is 6.92 Å². The average Bonchev–Trinajstić information content (AvgIpc) is 2.42. The highest BCUT2D eigenvalue weighted by Gasteiger charge is 2.05. The molecule has 0 amide bonds. The molecule has 0 radical (unpaired) electrons. The molecule has 0 atom stereocenters. The summed E-state index contributed by atoms with van der Waals surface area (Å²) >= 11 is 1.62. The fourth-order valence-corrected chi connectivity index (χ4v) is 2.25. The molecule has 0 saturated heterocycles. The monoisotopic (exact) mass is 261 g/mol. The first-order valence-electron chi connectivity index (χ1n) is 5.56. The standard InChI is InChI=1S/C13H15N3OS/c1-9-8-15-13(14-2)16-12(9)18-11-6-4-10(17-3)5-7-11/h4-8H,1-3H3,(H,14,15,16). The Balaban J connectivity index is 2.21. The van der Waals surface area contributed by atoms with Crippen molar-refractivity contribution in [2.24, 2.45) is 0 Å². The molecule has 1 aromatic carbocycles. The molecule has 0 spiro atoms. The van der Waals surface area contributed by atoms with Gasteiger partial charge in [-0.2, -0.15) is 0 Å². The first kappa shape index (κ1) is 12.7. The zero-order valence-corrected chi connectivity index (χ0v) is 11.4. The van der Waals surface area contributed by atoms with Crippen molar-refractivity contribution in [3.8, 4) is 5.75 Å². The summed E-state index contributed by atoms with van der Waals surface area (Å²) in [5.74, 6) is 1.49. The Morgan fingerprint density at radius 3 is 2.56 bits per heavy atom. The summed E-state index contributed by atoms with van der Waals surface area (Å²) in [7, 11) is 3.47. The minimum absolute atomic E-state index is 0.636. The van der Waals surface area contributed by atoms with Crippen LogP contribution in [0.1, 0.15) is 5.56 Å². The van der Waals surface area contributed by atoms with E-state index in [0.29, 0.717) is 5.95 Å². The van der Waals surface area contributed by atoms with Crippen LogP contribution in [0.2, 0.25) is 0 Å². The first-order chi connectivity index (χ1) is 8.72. The van der Waals surface area contributed by atoms with E-state index in [1.165, 1.54) is 0 Å². The van der Waals surface area contributed by atoms with Crippen LogP contribution < -0.4 is 10.1 Å². The smallest absolute Gasteiger partial charge is 0.223 e. The van der Waals surface area contributed by atoms with Crippen LogP contribution in [0.5, 0.6) is 5.75 Å². The van der Waals surface area contributed by atoms with Gasteiger partial charge < -0.3 is 10.1 Å². The molecule has 1 aromatic heterocycles. The summed E-state index contributed by atoms with van der Waals surface area (Å²) in [6, 6.07) is 7.92. The lowest BCUT2D eigenvalue weighted by Gasteiger charge is -2.07. The van der Waals surface area contributed by atoms with Crippen LogP contribution in [0.25, 0.3) is 0 Å². The van der Waals surface area contributed by atoms with E-state index in [0.717, 1.165) is 21.2 Å². The molecule has 4 nitrogen and oxygen atoms in total. The van der Waals surface area contributed by atoms with Gasteiger partial charge in [0.25, 0.3) is 0 Å². The summed E-state index contributed by atoms with van der Waals surface area (Å²) in [6.07, 6.45) is 1.82. The fraction of sp³-hybridized carbons (Fsp3) is 0.231. The first-order valence-corrected chi connectivity index (χ1v) is 6.38. The van der Waals surface area contributed by atoms with E-state index in [4.69, 9.17) is 4.74 Å². The van der Waals surface area contributed by atoms with Crippen molar-refractivity contribution in [2.45, 2.75) is 16.8 Å². The second-order valence-corrected chi connectivity index (χ2v) is 4.77. The Bertz CT molecular complexity index is 528. The predicted molar refractivity (Wildman–Crippen MR) is 73.4 cm³/mol. The predicted octanol–water partition coefficient (Wildman–Crippen LogP) is 2.99. The molecule has 2 rings (SSSR count). The molecule has 0 aliphatic carbocycles. The number of aryl methyl sites for hydroxylation is 1. The van der Waals surface area contributed by atoms with E-state index in [9.17, 15) is 0 Å². The number of methoxy groups -OCH3 is 1. The molecule has 18 heavy (non-hydrogen) atoms. The summed E-state index contributed by atoms with van der Waals surface area (Å²) in [5.41, 5.74) is 1.06. The second kappa shape index (κ2) is 5.73. The van der Waals surface area contributed by atoms with Gasteiger partial charge in [-0.3, -0.25) is 0 Å². The van der Waals surface area contributed by atoms with Gasteiger partial charge in [0.05, 0.1) is 7.11 Å². The van der Waals surface area contributed by atoms with Gasteiger partial charge in [-0.25, -0.2) is 9.97 Å². The van der Waals surface area contributed by atoms with Crippen molar-refractivity contribution >= 4 is 17.7 Å². The van der Waals surface area contributed by atoms with E-state index in [-0.39, 0.29) is 0 Å². The number of anilines is 1.